The zero-order chi connectivity index (χ0) is 12.7. The zero-order valence-electron chi connectivity index (χ0n) is 10.1. The van der Waals surface area contributed by atoms with E-state index in [1.165, 1.54) is 12.1 Å². The summed E-state index contributed by atoms with van der Waals surface area (Å²) in [6, 6.07) is 2.93. The maximum atomic E-state index is 10.6. The average molecular weight is 239 g/mol. The molecule has 94 valence electrons. The number of rotatable bonds is 7. The number of aromatic nitrogens is 1. The first kappa shape index (κ1) is 13.4. The Morgan fingerprint density at radius 2 is 2.24 bits per heavy atom. The van der Waals surface area contributed by atoms with Gasteiger partial charge in [0.05, 0.1) is 4.92 Å². The van der Waals surface area contributed by atoms with Gasteiger partial charge in [-0.2, -0.15) is 0 Å². The van der Waals surface area contributed by atoms with E-state index in [0.717, 1.165) is 19.5 Å². The first-order valence-electron chi connectivity index (χ1n) is 5.60. The van der Waals surface area contributed by atoms with Crippen molar-refractivity contribution in [2.24, 2.45) is 0 Å². The van der Waals surface area contributed by atoms with Crippen LogP contribution in [0.15, 0.2) is 12.1 Å². The van der Waals surface area contributed by atoms with Crippen molar-refractivity contribution < 1.29 is 9.66 Å². The molecule has 0 aliphatic carbocycles. The Balaban J connectivity index is 2.45. The monoisotopic (exact) mass is 239 g/mol. The summed E-state index contributed by atoms with van der Waals surface area (Å²) < 4.78 is 5.37. The van der Waals surface area contributed by atoms with Gasteiger partial charge in [0.1, 0.15) is 12.3 Å². The van der Waals surface area contributed by atoms with E-state index >= 15 is 0 Å². The molecule has 1 heterocycles. The standard InChI is InChI=1S/C11H17N3O3/c1-3-6-12-7-8-17-11-5-4-10(14(15)16)9(2)13-11/h4-5,12H,3,6-8H2,1-2H3. The lowest BCUT2D eigenvalue weighted by Gasteiger charge is -2.06. The van der Waals surface area contributed by atoms with Crippen LogP contribution >= 0.6 is 0 Å². The quantitative estimate of drug-likeness (QED) is 0.445. The SMILES string of the molecule is CCCNCCOc1ccc([N+](=O)[O-])c(C)n1. The largest absolute Gasteiger partial charge is 0.476 e. The minimum absolute atomic E-state index is 0.0152. The molecule has 0 saturated heterocycles. The smallest absolute Gasteiger partial charge is 0.290 e. The third-order valence-corrected chi connectivity index (χ3v) is 2.18. The van der Waals surface area contributed by atoms with Gasteiger partial charge in [-0.15, -0.1) is 0 Å². The fraction of sp³-hybridized carbons (Fsp3) is 0.545. The van der Waals surface area contributed by atoms with Crippen molar-refractivity contribution in [1.82, 2.24) is 10.3 Å². The lowest BCUT2D eigenvalue weighted by atomic mass is 10.3. The highest BCUT2D eigenvalue weighted by Gasteiger charge is 2.11. The van der Waals surface area contributed by atoms with Crippen molar-refractivity contribution in [2.45, 2.75) is 20.3 Å². The summed E-state index contributed by atoms with van der Waals surface area (Å²) in [5.41, 5.74) is 0.385. The molecule has 17 heavy (non-hydrogen) atoms. The molecule has 0 bridgehead atoms. The summed E-state index contributed by atoms with van der Waals surface area (Å²) in [6.45, 7) is 5.89. The molecule has 0 aliphatic heterocycles. The van der Waals surface area contributed by atoms with Gasteiger partial charge in [0.25, 0.3) is 5.69 Å². The third-order valence-electron chi connectivity index (χ3n) is 2.18. The van der Waals surface area contributed by atoms with Gasteiger partial charge in [-0.05, 0) is 19.9 Å². The number of ether oxygens (including phenoxy) is 1. The molecule has 1 aromatic heterocycles. The van der Waals surface area contributed by atoms with Crippen molar-refractivity contribution in [3.8, 4) is 5.88 Å². The second kappa shape index (κ2) is 6.80. The van der Waals surface area contributed by atoms with E-state index in [-0.39, 0.29) is 5.69 Å². The minimum Gasteiger partial charge on any atom is -0.476 e. The molecular weight excluding hydrogens is 222 g/mol. The Labute approximate surface area is 100 Å². The van der Waals surface area contributed by atoms with Gasteiger partial charge in [0.15, 0.2) is 0 Å². The van der Waals surface area contributed by atoms with Gasteiger partial charge in [0.2, 0.25) is 5.88 Å². The van der Waals surface area contributed by atoms with Gasteiger partial charge in [-0.1, -0.05) is 6.92 Å². The molecule has 0 fully saturated rings. The Morgan fingerprint density at radius 3 is 2.82 bits per heavy atom. The van der Waals surface area contributed by atoms with E-state index in [9.17, 15) is 10.1 Å². The highest BCUT2D eigenvalue weighted by Crippen LogP contribution is 2.18. The second-order valence-electron chi connectivity index (χ2n) is 3.61. The van der Waals surface area contributed by atoms with Crippen LogP contribution in [0.2, 0.25) is 0 Å². The van der Waals surface area contributed by atoms with Crippen LogP contribution in [0, 0.1) is 17.0 Å². The summed E-state index contributed by atoms with van der Waals surface area (Å²) in [4.78, 5) is 14.2. The maximum Gasteiger partial charge on any atom is 0.290 e. The Hall–Kier alpha value is -1.69. The summed E-state index contributed by atoms with van der Waals surface area (Å²) in [5.74, 6) is 0.423. The van der Waals surface area contributed by atoms with E-state index in [1.807, 2.05) is 0 Å². The molecule has 0 unspecified atom stereocenters. The predicted molar refractivity (Wildman–Crippen MR) is 64.3 cm³/mol. The van der Waals surface area contributed by atoms with Gasteiger partial charge >= 0.3 is 0 Å². The number of nitrogens with one attached hydrogen (secondary N) is 1. The van der Waals surface area contributed by atoms with E-state index in [4.69, 9.17) is 4.74 Å². The fourth-order valence-corrected chi connectivity index (χ4v) is 1.33. The predicted octanol–water partition coefficient (Wildman–Crippen LogP) is 1.68. The van der Waals surface area contributed by atoms with Crippen LogP contribution in [0.4, 0.5) is 5.69 Å². The van der Waals surface area contributed by atoms with Crippen LogP contribution in [0.1, 0.15) is 19.0 Å². The zero-order valence-corrected chi connectivity index (χ0v) is 10.1. The average Bonchev–Trinajstić information content (AvgIpc) is 2.28. The minimum atomic E-state index is -0.449. The molecule has 0 amide bonds. The molecular formula is C11H17N3O3. The Kier molecular flexibility index (Phi) is 5.35. The molecule has 1 rings (SSSR count). The number of hydrogen-bond acceptors (Lipinski definition) is 5. The summed E-state index contributed by atoms with van der Waals surface area (Å²) in [6.07, 6.45) is 1.08. The van der Waals surface area contributed by atoms with Crippen molar-refractivity contribution >= 4 is 5.69 Å². The molecule has 1 N–H and O–H groups in total. The van der Waals surface area contributed by atoms with Crippen molar-refractivity contribution in [2.75, 3.05) is 19.7 Å². The van der Waals surface area contributed by atoms with Crippen LogP contribution in [0.3, 0.4) is 0 Å². The van der Waals surface area contributed by atoms with E-state index in [0.29, 0.717) is 18.2 Å². The van der Waals surface area contributed by atoms with Crippen LogP contribution in [0.5, 0.6) is 5.88 Å². The molecule has 1 aromatic rings. The van der Waals surface area contributed by atoms with Crippen molar-refractivity contribution in [1.29, 1.82) is 0 Å². The van der Waals surface area contributed by atoms with Crippen LogP contribution in [-0.4, -0.2) is 29.6 Å². The molecule has 0 atom stereocenters. The number of hydrogen-bond donors (Lipinski definition) is 1. The van der Waals surface area contributed by atoms with Gasteiger partial charge in [-0.3, -0.25) is 10.1 Å². The lowest BCUT2D eigenvalue weighted by molar-refractivity contribution is -0.385. The van der Waals surface area contributed by atoms with Gasteiger partial charge < -0.3 is 10.1 Å². The Bertz CT molecular complexity index is 382. The van der Waals surface area contributed by atoms with Crippen molar-refractivity contribution in [3.05, 3.63) is 27.9 Å². The van der Waals surface area contributed by atoms with E-state index < -0.39 is 4.92 Å². The molecule has 6 heteroatoms. The van der Waals surface area contributed by atoms with Gasteiger partial charge in [0, 0.05) is 18.7 Å². The molecule has 0 spiro atoms. The van der Waals surface area contributed by atoms with Crippen LogP contribution in [0.25, 0.3) is 0 Å². The molecule has 6 nitrogen and oxygen atoms in total. The lowest BCUT2D eigenvalue weighted by Crippen LogP contribution is -2.21. The van der Waals surface area contributed by atoms with Crippen LogP contribution < -0.4 is 10.1 Å². The molecule has 0 radical (unpaired) electrons. The summed E-state index contributed by atoms with van der Waals surface area (Å²) in [7, 11) is 0. The number of pyridine rings is 1. The number of aryl methyl sites for hydroxylation is 1. The van der Waals surface area contributed by atoms with Gasteiger partial charge in [-0.25, -0.2) is 4.98 Å². The highest BCUT2D eigenvalue weighted by molar-refractivity contribution is 5.36. The number of nitro groups is 1. The molecule has 0 aliphatic rings. The van der Waals surface area contributed by atoms with Crippen LogP contribution in [-0.2, 0) is 0 Å². The first-order valence-corrected chi connectivity index (χ1v) is 5.60. The topological polar surface area (TPSA) is 77.3 Å². The van der Waals surface area contributed by atoms with E-state index in [2.05, 4.69) is 17.2 Å². The highest BCUT2D eigenvalue weighted by atomic mass is 16.6. The van der Waals surface area contributed by atoms with Crippen molar-refractivity contribution in [3.63, 3.8) is 0 Å². The third kappa shape index (κ3) is 4.36. The number of nitrogens with zero attached hydrogens (tertiary/aromatic N) is 2. The first-order chi connectivity index (χ1) is 8.15. The summed E-state index contributed by atoms with van der Waals surface area (Å²) >= 11 is 0. The Morgan fingerprint density at radius 1 is 1.47 bits per heavy atom. The molecule has 0 aromatic carbocycles. The van der Waals surface area contributed by atoms with E-state index in [1.54, 1.807) is 6.92 Å². The normalized spacial score (nSPS) is 10.2. The summed E-state index contributed by atoms with van der Waals surface area (Å²) in [5, 5.41) is 13.8. The second-order valence-corrected chi connectivity index (χ2v) is 3.61. The fourth-order valence-electron chi connectivity index (χ4n) is 1.33. The molecule has 0 saturated carbocycles. The maximum absolute atomic E-state index is 10.6.